The molecule has 24 heavy (non-hydrogen) atoms. The predicted octanol–water partition coefficient (Wildman–Crippen LogP) is 3.81. The van der Waals surface area contributed by atoms with Crippen molar-refractivity contribution >= 4 is 29.3 Å². The van der Waals surface area contributed by atoms with Gasteiger partial charge in [-0.2, -0.15) is 0 Å². The minimum absolute atomic E-state index is 0.159. The van der Waals surface area contributed by atoms with Crippen molar-refractivity contribution in [3.8, 4) is 11.5 Å². The lowest BCUT2D eigenvalue weighted by atomic mass is 10.1. The number of thioether (sulfide) groups is 1. The van der Waals surface area contributed by atoms with E-state index in [1.807, 2.05) is 36.6 Å². The van der Waals surface area contributed by atoms with E-state index in [-0.39, 0.29) is 5.91 Å². The van der Waals surface area contributed by atoms with Crippen LogP contribution in [0.1, 0.15) is 15.9 Å². The SMILES string of the molecule is CSc1ccc(Cl)c(C(=O)NCCc2ccc3c(c2)OCCO3)c1. The summed E-state index contributed by atoms with van der Waals surface area (Å²) >= 11 is 7.70. The summed E-state index contributed by atoms with van der Waals surface area (Å²) in [6.07, 6.45) is 2.68. The lowest BCUT2D eigenvalue weighted by Gasteiger charge is -2.18. The second-order valence-electron chi connectivity index (χ2n) is 5.33. The highest BCUT2D eigenvalue weighted by atomic mass is 35.5. The van der Waals surface area contributed by atoms with Crippen molar-refractivity contribution in [2.45, 2.75) is 11.3 Å². The standard InChI is InChI=1S/C18H18ClNO3S/c1-24-13-3-4-15(19)14(11-13)18(21)20-7-6-12-2-5-16-17(10-12)23-9-8-22-16/h2-5,10-11H,6-9H2,1H3,(H,20,21). The smallest absolute Gasteiger partial charge is 0.252 e. The highest BCUT2D eigenvalue weighted by Crippen LogP contribution is 2.30. The molecule has 1 aliphatic rings. The molecule has 0 radical (unpaired) electrons. The molecule has 2 aromatic carbocycles. The number of carbonyl (C=O) groups excluding carboxylic acids is 1. The minimum atomic E-state index is -0.159. The van der Waals surface area contributed by atoms with Crippen LogP contribution in [0.25, 0.3) is 0 Å². The van der Waals surface area contributed by atoms with Crippen LogP contribution in [0, 0.1) is 0 Å². The van der Waals surface area contributed by atoms with Crippen molar-refractivity contribution in [2.24, 2.45) is 0 Å². The maximum Gasteiger partial charge on any atom is 0.252 e. The monoisotopic (exact) mass is 363 g/mol. The number of fused-ring (bicyclic) bond motifs is 1. The van der Waals surface area contributed by atoms with E-state index in [1.54, 1.807) is 17.8 Å². The van der Waals surface area contributed by atoms with Crippen LogP contribution < -0.4 is 14.8 Å². The Bertz CT molecular complexity index is 751. The molecular formula is C18H18ClNO3S. The van der Waals surface area contributed by atoms with Gasteiger partial charge in [-0.05, 0) is 48.6 Å². The number of hydrogen-bond acceptors (Lipinski definition) is 4. The molecule has 1 heterocycles. The molecule has 0 aromatic heterocycles. The molecule has 2 aromatic rings. The van der Waals surface area contributed by atoms with Crippen molar-refractivity contribution in [3.63, 3.8) is 0 Å². The Morgan fingerprint density at radius 2 is 1.96 bits per heavy atom. The summed E-state index contributed by atoms with van der Waals surface area (Å²) in [4.78, 5) is 13.3. The third-order valence-corrected chi connectivity index (χ3v) is 4.78. The zero-order valence-corrected chi connectivity index (χ0v) is 14.9. The molecule has 0 fully saturated rings. The summed E-state index contributed by atoms with van der Waals surface area (Å²) in [5, 5.41) is 3.38. The molecule has 6 heteroatoms. The normalized spacial score (nSPS) is 12.8. The van der Waals surface area contributed by atoms with Gasteiger partial charge in [-0.1, -0.05) is 17.7 Å². The molecular weight excluding hydrogens is 346 g/mol. The van der Waals surface area contributed by atoms with E-state index in [1.165, 1.54) is 0 Å². The molecule has 1 N–H and O–H groups in total. The Hall–Kier alpha value is -1.85. The minimum Gasteiger partial charge on any atom is -0.486 e. The van der Waals surface area contributed by atoms with E-state index in [0.29, 0.717) is 36.8 Å². The highest BCUT2D eigenvalue weighted by Gasteiger charge is 2.13. The van der Waals surface area contributed by atoms with Gasteiger partial charge in [0, 0.05) is 11.4 Å². The molecule has 0 atom stereocenters. The third kappa shape index (κ3) is 3.97. The summed E-state index contributed by atoms with van der Waals surface area (Å²) in [5.41, 5.74) is 1.59. The first-order valence-electron chi connectivity index (χ1n) is 7.67. The molecule has 0 saturated carbocycles. The van der Waals surface area contributed by atoms with Crippen LogP contribution in [-0.2, 0) is 6.42 Å². The second-order valence-corrected chi connectivity index (χ2v) is 6.62. The van der Waals surface area contributed by atoms with Crippen LogP contribution in [-0.4, -0.2) is 31.9 Å². The molecule has 0 spiro atoms. The first-order valence-corrected chi connectivity index (χ1v) is 9.28. The number of hydrogen-bond donors (Lipinski definition) is 1. The van der Waals surface area contributed by atoms with Crippen LogP contribution in [0.3, 0.4) is 0 Å². The van der Waals surface area contributed by atoms with Crippen LogP contribution in [0.15, 0.2) is 41.3 Å². The molecule has 3 rings (SSSR count). The van der Waals surface area contributed by atoms with Gasteiger partial charge in [0.25, 0.3) is 5.91 Å². The average molecular weight is 364 g/mol. The quantitative estimate of drug-likeness (QED) is 0.821. The Balaban J connectivity index is 1.59. The van der Waals surface area contributed by atoms with Crippen molar-refractivity contribution in [2.75, 3.05) is 26.0 Å². The summed E-state index contributed by atoms with van der Waals surface area (Å²) < 4.78 is 11.1. The molecule has 1 amide bonds. The van der Waals surface area contributed by atoms with Crippen molar-refractivity contribution in [3.05, 3.63) is 52.5 Å². The van der Waals surface area contributed by atoms with E-state index in [4.69, 9.17) is 21.1 Å². The van der Waals surface area contributed by atoms with Gasteiger partial charge in [0.05, 0.1) is 10.6 Å². The molecule has 0 aliphatic carbocycles. The fourth-order valence-electron chi connectivity index (χ4n) is 2.46. The summed E-state index contributed by atoms with van der Waals surface area (Å²) in [7, 11) is 0. The maximum atomic E-state index is 12.3. The summed E-state index contributed by atoms with van der Waals surface area (Å²) in [5.74, 6) is 1.38. The van der Waals surface area contributed by atoms with Crippen LogP contribution in [0.2, 0.25) is 5.02 Å². The van der Waals surface area contributed by atoms with Gasteiger partial charge < -0.3 is 14.8 Å². The van der Waals surface area contributed by atoms with Crippen molar-refractivity contribution in [1.29, 1.82) is 0 Å². The van der Waals surface area contributed by atoms with Gasteiger partial charge >= 0.3 is 0 Å². The van der Waals surface area contributed by atoms with Crippen LogP contribution >= 0.6 is 23.4 Å². The lowest BCUT2D eigenvalue weighted by molar-refractivity contribution is 0.0954. The number of carbonyl (C=O) groups is 1. The van der Waals surface area contributed by atoms with Crippen LogP contribution in [0.5, 0.6) is 11.5 Å². The summed E-state index contributed by atoms with van der Waals surface area (Å²) in [6.45, 7) is 1.67. The average Bonchev–Trinajstić information content (AvgIpc) is 2.62. The molecule has 4 nitrogen and oxygen atoms in total. The predicted molar refractivity (Wildman–Crippen MR) is 96.7 cm³/mol. The zero-order valence-electron chi connectivity index (χ0n) is 13.3. The topological polar surface area (TPSA) is 47.6 Å². The lowest BCUT2D eigenvalue weighted by Crippen LogP contribution is -2.26. The fraction of sp³-hybridized carbons (Fsp3) is 0.278. The number of amides is 1. The van der Waals surface area contributed by atoms with Crippen molar-refractivity contribution in [1.82, 2.24) is 5.32 Å². The van der Waals surface area contributed by atoms with E-state index >= 15 is 0 Å². The number of rotatable bonds is 5. The van der Waals surface area contributed by atoms with Crippen molar-refractivity contribution < 1.29 is 14.3 Å². The zero-order chi connectivity index (χ0) is 16.9. The van der Waals surface area contributed by atoms with Gasteiger partial charge in [-0.25, -0.2) is 0 Å². The Labute approximate surface area is 150 Å². The Kier molecular flexibility index (Phi) is 5.53. The first-order chi connectivity index (χ1) is 11.7. The van der Waals surface area contributed by atoms with E-state index in [0.717, 1.165) is 22.0 Å². The summed E-state index contributed by atoms with van der Waals surface area (Å²) in [6, 6.07) is 11.3. The third-order valence-electron chi connectivity index (χ3n) is 3.72. The number of benzene rings is 2. The molecule has 0 saturated heterocycles. The maximum absolute atomic E-state index is 12.3. The number of halogens is 1. The number of nitrogens with one attached hydrogen (secondary N) is 1. The van der Waals surface area contributed by atoms with E-state index in [2.05, 4.69) is 5.32 Å². The molecule has 0 unspecified atom stereocenters. The Morgan fingerprint density at radius 3 is 2.75 bits per heavy atom. The van der Waals surface area contributed by atoms with Gasteiger partial charge in [0.1, 0.15) is 13.2 Å². The second kappa shape index (κ2) is 7.81. The first kappa shape index (κ1) is 17.0. The fourth-order valence-corrected chi connectivity index (χ4v) is 3.11. The van der Waals surface area contributed by atoms with E-state index < -0.39 is 0 Å². The van der Waals surface area contributed by atoms with E-state index in [9.17, 15) is 4.79 Å². The molecule has 1 aliphatic heterocycles. The van der Waals surface area contributed by atoms with Gasteiger partial charge in [0.15, 0.2) is 11.5 Å². The van der Waals surface area contributed by atoms with Gasteiger partial charge in [0.2, 0.25) is 0 Å². The largest absolute Gasteiger partial charge is 0.486 e. The molecule has 0 bridgehead atoms. The van der Waals surface area contributed by atoms with Gasteiger partial charge in [-0.3, -0.25) is 4.79 Å². The number of ether oxygens (including phenoxy) is 2. The highest BCUT2D eigenvalue weighted by molar-refractivity contribution is 7.98. The Morgan fingerprint density at radius 1 is 1.17 bits per heavy atom. The molecule has 126 valence electrons. The van der Waals surface area contributed by atoms with Gasteiger partial charge in [-0.15, -0.1) is 11.8 Å². The van der Waals surface area contributed by atoms with Crippen LogP contribution in [0.4, 0.5) is 0 Å².